The Morgan fingerprint density at radius 3 is 2.61 bits per heavy atom. The Morgan fingerprint density at radius 2 is 1.93 bits per heavy atom. The summed E-state index contributed by atoms with van der Waals surface area (Å²) in [5, 5.41) is 19.0. The molecule has 0 saturated carbocycles. The molecule has 0 aliphatic carbocycles. The molecule has 0 unspecified atom stereocenters. The summed E-state index contributed by atoms with van der Waals surface area (Å²) in [6.07, 6.45) is 1.56. The van der Waals surface area contributed by atoms with Crippen molar-refractivity contribution < 1.29 is 9.72 Å². The van der Waals surface area contributed by atoms with E-state index in [1.54, 1.807) is 24.4 Å². The van der Waals surface area contributed by atoms with Crippen LogP contribution in [0.25, 0.3) is 0 Å². The number of nitrogens with one attached hydrogen (secondary N) is 1. The van der Waals surface area contributed by atoms with Gasteiger partial charge in [-0.25, -0.2) is 0 Å². The first-order valence-electron chi connectivity index (χ1n) is 7.98. The zero-order valence-electron chi connectivity index (χ0n) is 14.4. The molecular weight excluding hydrogens is 427 g/mol. The van der Waals surface area contributed by atoms with Gasteiger partial charge in [-0.15, -0.1) is 0 Å². The van der Waals surface area contributed by atoms with Crippen LogP contribution >= 0.6 is 34.8 Å². The first-order chi connectivity index (χ1) is 13.3. The summed E-state index contributed by atoms with van der Waals surface area (Å²) in [6, 6.07) is 9.48. The van der Waals surface area contributed by atoms with Gasteiger partial charge in [-0.3, -0.25) is 19.6 Å². The molecule has 7 nitrogen and oxygen atoms in total. The van der Waals surface area contributed by atoms with E-state index < -0.39 is 10.8 Å². The van der Waals surface area contributed by atoms with Crippen molar-refractivity contribution in [1.29, 1.82) is 0 Å². The van der Waals surface area contributed by atoms with Crippen molar-refractivity contribution in [2.75, 3.05) is 5.32 Å². The van der Waals surface area contributed by atoms with Gasteiger partial charge in [0.05, 0.1) is 21.5 Å². The van der Waals surface area contributed by atoms with E-state index in [1.807, 2.05) is 0 Å². The third-order valence-corrected chi connectivity index (χ3v) is 5.04. The zero-order chi connectivity index (χ0) is 20.4. The van der Waals surface area contributed by atoms with Crippen LogP contribution < -0.4 is 5.32 Å². The van der Waals surface area contributed by atoms with Gasteiger partial charge in [0.2, 0.25) is 0 Å². The minimum Gasteiger partial charge on any atom is -0.304 e. The number of hydrogen-bond acceptors (Lipinski definition) is 4. The minimum atomic E-state index is -0.539. The number of aromatic nitrogens is 2. The van der Waals surface area contributed by atoms with Crippen LogP contribution in [0.3, 0.4) is 0 Å². The third kappa shape index (κ3) is 4.27. The van der Waals surface area contributed by atoms with Gasteiger partial charge in [-0.1, -0.05) is 46.9 Å². The van der Waals surface area contributed by atoms with Crippen LogP contribution in [-0.2, 0) is 6.54 Å². The Labute approximate surface area is 175 Å². The number of benzene rings is 2. The maximum atomic E-state index is 12.5. The van der Waals surface area contributed by atoms with Gasteiger partial charge in [0.1, 0.15) is 5.02 Å². The van der Waals surface area contributed by atoms with E-state index in [-0.39, 0.29) is 27.7 Å². The van der Waals surface area contributed by atoms with E-state index in [4.69, 9.17) is 34.8 Å². The number of rotatable bonds is 5. The van der Waals surface area contributed by atoms with Crippen LogP contribution in [0.1, 0.15) is 21.5 Å². The highest BCUT2D eigenvalue weighted by Crippen LogP contribution is 2.26. The minimum absolute atomic E-state index is 0.135. The zero-order valence-corrected chi connectivity index (χ0v) is 16.7. The number of hydrogen-bond donors (Lipinski definition) is 1. The van der Waals surface area contributed by atoms with Crippen molar-refractivity contribution in [3.8, 4) is 0 Å². The van der Waals surface area contributed by atoms with Gasteiger partial charge in [0, 0.05) is 23.4 Å². The van der Waals surface area contributed by atoms with Crippen molar-refractivity contribution >= 4 is 52.2 Å². The molecule has 1 amide bonds. The van der Waals surface area contributed by atoms with Gasteiger partial charge in [0.15, 0.2) is 5.82 Å². The predicted octanol–water partition coefficient (Wildman–Crippen LogP) is 5.36. The van der Waals surface area contributed by atoms with E-state index in [0.29, 0.717) is 16.6 Å². The molecule has 0 saturated heterocycles. The number of carbonyl (C=O) groups is 1. The normalized spacial score (nSPS) is 10.7. The molecule has 2 aromatic carbocycles. The smallest absolute Gasteiger partial charge is 0.273 e. The van der Waals surface area contributed by atoms with Crippen LogP contribution in [0.5, 0.6) is 0 Å². The topological polar surface area (TPSA) is 90.1 Å². The summed E-state index contributed by atoms with van der Waals surface area (Å²) in [5.41, 5.74) is 1.14. The lowest BCUT2D eigenvalue weighted by molar-refractivity contribution is -0.385. The monoisotopic (exact) mass is 438 g/mol. The molecule has 1 aromatic heterocycles. The van der Waals surface area contributed by atoms with E-state index in [0.717, 1.165) is 5.56 Å². The maximum absolute atomic E-state index is 12.5. The third-order valence-electron chi connectivity index (χ3n) is 4.02. The first-order valence-corrected chi connectivity index (χ1v) is 9.12. The van der Waals surface area contributed by atoms with Crippen LogP contribution in [0.2, 0.25) is 15.1 Å². The summed E-state index contributed by atoms with van der Waals surface area (Å²) >= 11 is 18.1. The fourth-order valence-electron chi connectivity index (χ4n) is 2.63. The van der Waals surface area contributed by atoms with E-state index in [2.05, 4.69) is 10.4 Å². The Balaban J connectivity index is 1.80. The summed E-state index contributed by atoms with van der Waals surface area (Å²) in [4.78, 5) is 23.1. The predicted molar refractivity (Wildman–Crippen MR) is 109 cm³/mol. The highest BCUT2D eigenvalue weighted by molar-refractivity contribution is 6.42. The summed E-state index contributed by atoms with van der Waals surface area (Å²) in [6.45, 7) is 1.87. The van der Waals surface area contributed by atoms with Crippen LogP contribution in [-0.4, -0.2) is 20.6 Å². The lowest BCUT2D eigenvalue weighted by Crippen LogP contribution is -2.15. The fraction of sp³-hybridized carbons (Fsp3) is 0.111. The largest absolute Gasteiger partial charge is 0.304 e. The maximum Gasteiger partial charge on any atom is 0.273 e. The van der Waals surface area contributed by atoms with E-state index >= 15 is 0 Å². The standard InChI is InChI=1S/C18H13Cl3N4O3/c1-10-12(3-2-4-16(10)25(27)28)18(26)22-17-15(21)9-24(23-17)8-11-5-6-13(19)14(20)7-11/h2-7,9H,8H2,1H3,(H,22,23,26). The Morgan fingerprint density at radius 1 is 1.18 bits per heavy atom. The quantitative estimate of drug-likeness (QED) is 0.428. The molecule has 0 fully saturated rings. The molecule has 0 aliphatic rings. The molecule has 28 heavy (non-hydrogen) atoms. The number of nitrogens with zero attached hydrogens (tertiary/aromatic N) is 3. The van der Waals surface area contributed by atoms with Gasteiger partial charge in [0.25, 0.3) is 11.6 Å². The molecule has 1 heterocycles. The number of anilines is 1. The van der Waals surface area contributed by atoms with Gasteiger partial charge in [-0.05, 0) is 30.7 Å². The highest BCUT2D eigenvalue weighted by atomic mass is 35.5. The van der Waals surface area contributed by atoms with Crippen molar-refractivity contribution in [1.82, 2.24) is 9.78 Å². The van der Waals surface area contributed by atoms with Gasteiger partial charge < -0.3 is 5.32 Å². The van der Waals surface area contributed by atoms with Crippen LogP contribution in [0.4, 0.5) is 11.5 Å². The Hall–Kier alpha value is -2.61. The van der Waals surface area contributed by atoms with Crippen LogP contribution in [0.15, 0.2) is 42.6 Å². The number of amides is 1. The molecule has 3 rings (SSSR count). The summed E-state index contributed by atoms with van der Waals surface area (Å²) in [7, 11) is 0. The molecule has 0 bridgehead atoms. The number of carbonyl (C=O) groups excluding carboxylic acids is 1. The second kappa shape index (κ2) is 8.18. The number of halogens is 3. The summed E-state index contributed by atoms with van der Waals surface area (Å²) in [5.74, 6) is -0.388. The fourth-order valence-corrected chi connectivity index (χ4v) is 3.15. The van der Waals surface area contributed by atoms with E-state index in [9.17, 15) is 14.9 Å². The molecule has 3 aromatic rings. The molecule has 0 radical (unpaired) electrons. The Kier molecular flexibility index (Phi) is 5.88. The molecule has 0 aliphatic heterocycles. The average Bonchev–Trinajstić information content (AvgIpc) is 2.97. The van der Waals surface area contributed by atoms with Gasteiger partial charge >= 0.3 is 0 Å². The summed E-state index contributed by atoms with van der Waals surface area (Å²) < 4.78 is 1.54. The second-order valence-corrected chi connectivity index (χ2v) is 7.15. The molecule has 10 heteroatoms. The van der Waals surface area contributed by atoms with Crippen LogP contribution in [0, 0.1) is 17.0 Å². The highest BCUT2D eigenvalue weighted by Gasteiger charge is 2.19. The average molecular weight is 440 g/mol. The lowest BCUT2D eigenvalue weighted by atomic mass is 10.1. The molecular formula is C18H13Cl3N4O3. The molecule has 1 N–H and O–H groups in total. The van der Waals surface area contributed by atoms with Crippen molar-refractivity contribution in [2.24, 2.45) is 0 Å². The molecule has 0 atom stereocenters. The Bertz CT molecular complexity index is 1080. The van der Waals surface area contributed by atoms with Crippen molar-refractivity contribution in [2.45, 2.75) is 13.5 Å². The number of nitro groups is 1. The lowest BCUT2D eigenvalue weighted by Gasteiger charge is -2.06. The molecule has 0 spiro atoms. The van der Waals surface area contributed by atoms with Gasteiger partial charge in [-0.2, -0.15) is 5.10 Å². The van der Waals surface area contributed by atoms with Crippen molar-refractivity contribution in [3.63, 3.8) is 0 Å². The number of nitro benzene ring substituents is 1. The van der Waals surface area contributed by atoms with Crippen molar-refractivity contribution in [3.05, 3.63) is 84.5 Å². The molecule has 144 valence electrons. The SMILES string of the molecule is Cc1c(C(=O)Nc2nn(Cc3ccc(Cl)c(Cl)c3)cc2Cl)cccc1[N+](=O)[O-]. The first kappa shape index (κ1) is 20.1. The van der Waals surface area contributed by atoms with E-state index in [1.165, 1.54) is 29.8 Å². The second-order valence-electron chi connectivity index (χ2n) is 5.93.